The quantitative estimate of drug-likeness (QED) is 0.578. The number of amides is 1. The standard InChI is InChI=1S/C15H32N4O/c1-2-18-11-13-19(14-12-18)10-9-17-15(20)7-5-3-4-6-8-16/h2-14,16H2,1H3,(H,17,20). The van der Waals surface area contributed by atoms with Crippen molar-refractivity contribution in [1.29, 1.82) is 0 Å². The Bertz CT molecular complexity index is 252. The van der Waals surface area contributed by atoms with Crippen molar-refractivity contribution in [2.45, 2.75) is 39.0 Å². The van der Waals surface area contributed by atoms with Crippen LogP contribution in [0.2, 0.25) is 0 Å². The minimum atomic E-state index is 0.199. The SMILES string of the molecule is CCN1CCN(CCNC(=O)CCCCCCN)CC1. The summed E-state index contributed by atoms with van der Waals surface area (Å²) >= 11 is 0. The van der Waals surface area contributed by atoms with E-state index in [-0.39, 0.29) is 5.91 Å². The molecule has 1 aliphatic rings. The number of carbonyl (C=O) groups is 1. The van der Waals surface area contributed by atoms with Crippen molar-refractivity contribution < 1.29 is 4.79 Å². The second-order valence-corrected chi connectivity index (χ2v) is 5.58. The molecule has 0 aromatic rings. The normalized spacial score (nSPS) is 17.3. The smallest absolute Gasteiger partial charge is 0.220 e. The summed E-state index contributed by atoms with van der Waals surface area (Å²) < 4.78 is 0. The van der Waals surface area contributed by atoms with E-state index in [1.165, 1.54) is 0 Å². The van der Waals surface area contributed by atoms with Crippen LogP contribution in [0.1, 0.15) is 39.0 Å². The van der Waals surface area contributed by atoms with E-state index in [0.717, 1.165) is 78.0 Å². The number of nitrogens with one attached hydrogen (secondary N) is 1. The molecular weight excluding hydrogens is 252 g/mol. The average molecular weight is 284 g/mol. The lowest BCUT2D eigenvalue weighted by atomic mass is 10.1. The Hall–Kier alpha value is -0.650. The van der Waals surface area contributed by atoms with Crippen LogP contribution in [0.4, 0.5) is 0 Å². The van der Waals surface area contributed by atoms with Crippen LogP contribution in [0, 0.1) is 0 Å². The molecule has 1 heterocycles. The van der Waals surface area contributed by atoms with Gasteiger partial charge in [-0.2, -0.15) is 0 Å². The predicted octanol–water partition coefficient (Wildman–Crippen LogP) is 0.649. The highest BCUT2D eigenvalue weighted by Crippen LogP contribution is 2.02. The average Bonchev–Trinajstić information content (AvgIpc) is 2.48. The van der Waals surface area contributed by atoms with Crippen molar-refractivity contribution in [2.24, 2.45) is 5.73 Å². The summed E-state index contributed by atoms with van der Waals surface area (Å²) in [5.41, 5.74) is 5.44. The lowest BCUT2D eigenvalue weighted by Gasteiger charge is -2.33. The van der Waals surface area contributed by atoms with E-state index >= 15 is 0 Å². The van der Waals surface area contributed by atoms with Gasteiger partial charge in [0.05, 0.1) is 0 Å². The van der Waals surface area contributed by atoms with E-state index in [0.29, 0.717) is 6.42 Å². The van der Waals surface area contributed by atoms with Gasteiger partial charge in [-0.1, -0.05) is 19.8 Å². The summed E-state index contributed by atoms with van der Waals surface area (Å²) in [6, 6.07) is 0. The van der Waals surface area contributed by atoms with Crippen molar-refractivity contribution in [3.63, 3.8) is 0 Å². The van der Waals surface area contributed by atoms with Gasteiger partial charge in [0.15, 0.2) is 0 Å². The lowest BCUT2D eigenvalue weighted by Crippen LogP contribution is -2.48. The first-order chi connectivity index (χ1) is 9.76. The molecule has 0 radical (unpaired) electrons. The summed E-state index contributed by atoms with van der Waals surface area (Å²) in [6.07, 6.45) is 4.98. The molecule has 0 atom stereocenters. The number of likely N-dealkylation sites (N-methyl/N-ethyl adjacent to an activating group) is 1. The molecule has 3 N–H and O–H groups in total. The van der Waals surface area contributed by atoms with Gasteiger partial charge in [-0.05, 0) is 25.9 Å². The molecule has 118 valence electrons. The molecule has 0 spiro atoms. The maximum Gasteiger partial charge on any atom is 0.220 e. The van der Waals surface area contributed by atoms with E-state index in [1.807, 2.05) is 0 Å². The van der Waals surface area contributed by atoms with Crippen molar-refractivity contribution in [2.75, 3.05) is 52.4 Å². The summed E-state index contributed by atoms with van der Waals surface area (Å²) in [4.78, 5) is 16.6. The summed E-state index contributed by atoms with van der Waals surface area (Å²) in [5, 5.41) is 3.03. The molecule has 20 heavy (non-hydrogen) atoms. The van der Waals surface area contributed by atoms with E-state index in [9.17, 15) is 4.79 Å². The van der Waals surface area contributed by atoms with Crippen molar-refractivity contribution >= 4 is 5.91 Å². The van der Waals surface area contributed by atoms with E-state index in [4.69, 9.17) is 5.73 Å². The Morgan fingerprint density at radius 3 is 2.35 bits per heavy atom. The number of piperazine rings is 1. The molecule has 5 heteroatoms. The van der Waals surface area contributed by atoms with E-state index in [1.54, 1.807) is 0 Å². The number of rotatable bonds is 10. The van der Waals surface area contributed by atoms with Crippen LogP contribution in [-0.4, -0.2) is 68.1 Å². The first-order valence-corrected chi connectivity index (χ1v) is 8.17. The fourth-order valence-electron chi connectivity index (χ4n) is 2.55. The molecule has 1 amide bonds. The van der Waals surface area contributed by atoms with Crippen LogP contribution in [0.3, 0.4) is 0 Å². The lowest BCUT2D eigenvalue weighted by molar-refractivity contribution is -0.121. The third kappa shape index (κ3) is 7.82. The van der Waals surface area contributed by atoms with Crippen molar-refractivity contribution in [3.05, 3.63) is 0 Å². The van der Waals surface area contributed by atoms with Gasteiger partial charge in [0, 0.05) is 45.7 Å². The van der Waals surface area contributed by atoms with Gasteiger partial charge in [0.1, 0.15) is 0 Å². The molecule has 1 aliphatic heterocycles. The minimum absolute atomic E-state index is 0.199. The Labute approximate surface area is 123 Å². The first kappa shape index (κ1) is 17.4. The van der Waals surface area contributed by atoms with Gasteiger partial charge in [0.25, 0.3) is 0 Å². The molecule has 0 aromatic carbocycles. The number of unbranched alkanes of at least 4 members (excludes halogenated alkanes) is 3. The third-order valence-electron chi connectivity index (χ3n) is 4.02. The number of hydrogen-bond donors (Lipinski definition) is 2. The van der Waals surface area contributed by atoms with Crippen LogP contribution in [0.5, 0.6) is 0 Å². The van der Waals surface area contributed by atoms with Gasteiger partial charge in [-0.15, -0.1) is 0 Å². The van der Waals surface area contributed by atoms with Gasteiger partial charge in [-0.25, -0.2) is 0 Å². The molecule has 0 aromatic heterocycles. The summed E-state index contributed by atoms with van der Waals surface area (Å²) in [5.74, 6) is 0.199. The Morgan fingerprint density at radius 1 is 1.05 bits per heavy atom. The van der Waals surface area contributed by atoms with Gasteiger partial charge in [0.2, 0.25) is 5.91 Å². The molecule has 0 saturated carbocycles. The minimum Gasteiger partial charge on any atom is -0.355 e. The topological polar surface area (TPSA) is 61.6 Å². The third-order valence-corrected chi connectivity index (χ3v) is 4.02. The zero-order chi connectivity index (χ0) is 14.6. The highest BCUT2D eigenvalue weighted by Gasteiger charge is 2.14. The fraction of sp³-hybridized carbons (Fsp3) is 0.933. The van der Waals surface area contributed by atoms with Crippen LogP contribution in [0.25, 0.3) is 0 Å². The zero-order valence-corrected chi connectivity index (χ0v) is 13.1. The summed E-state index contributed by atoms with van der Waals surface area (Å²) in [6.45, 7) is 10.5. The van der Waals surface area contributed by atoms with E-state index < -0.39 is 0 Å². The van der Waals surface area contributed by atoms with E-state index in [2.05, 4.69) is 22.0 Å². The summed E-state index contributed by atoms with van der Waals surface area (Å²) in [7, 11) is 0. The number of hydrogen-bond acceptors (Lipinski definition) is 4. The second kappa shape index (κ2) is 11.1. The molecule has 0 unspecified atom stereocenters. The largest absolute Gasteiger partial charge is 0.355 e. The molecule has 5 nitrogen and oxygen atoms in total. The van der Waals surface area contributed by atoms with Crippen LogP contribution in [-0.2, 0) is 4.79 Å². The second-order valence-electron chi connectivity index (χ2n) is 5.58. The van der Waals surface area contributed by atoms with Gasteiger partial charge < -0.3 is 16.0 Å². The Morgan fingerprint density at radius 2 is 1.70 bits per heavy atom. The van der Waals surface area contributed by atoms with Crippen LogP contribution in [0.15, 0.2) is 0 Å². The highest BCUT2D eigenvalue weighted by molar-refractivity contribution is 5.75. The molecule has 0 bridgehead atoms. The monoisotopic (exact) mass is 284 g/mol. The Balaban J connectivity index is 1.94. The molecule has 1 fully saturated rings. The first-order valence-electron chi connectivity index (χ1n) is 8.17. The van der Waals surface area contributed by atoms with Crippen molar-refractivity contribution in [1.82, 2.24) is 15.1 Å². The molecular formula is C15H32N4O. The predicted molar refractivity (Wildman–Crippen MR) is 83.7 cm³/mol. The highest BCUT2D eigenvalue weighted by atomic mass is 16.1. The number of nitrogens with two attached hydrogens (primary N) is 1. The number of carbonyl (C=O) groups excluding carboxylic acids is 1. The van der Waals surface area contributed by atoms with Gasteiger partial charge >= 0.3 is 0 Å². The maximum absolute atomic E-state index is 11.7. The fourth-order valence-corrected chi connectivity index (χ4v) is 2.55. The Kier molecular flexibility index (Phi) is 9.62. The zero-order valence-electron chi connectivity index (χ0n) is 13.1. The molecule has 1 saturated heterocycles. The van der Waals surface area contributed by atoms with Crippen LogP contribution >= 0.6 is 0 Å². The van der Waals surface area contributed by atoms with Crippen molar-refractivity contribution in [3.8, 4) is 0 Å². The van der Waals surface area contributed by atoms with Gasteiger partial charge in [-0.3, -0.25) is 9.69 Å². The van der Waals surface area contributed by atoms with Crippen LogP contribution < -0.4 is 11.1 Å². The maximum atomic E-state index is 11.7. The molecule has 1 rings (SSSR count). The number of nitrogens with zero attached hydrogens (tertiary/aromatic N) is 2. The molecule has 0 aliphatic carbocycles.